The van der Waals surface area contributed by atoms with Crippen LogP contribution in [0.1, 0.15) is 26.7 Å². The number of rotatable bonds is 2. The van der Waals surface area contributed by atoms with Crippen molar-refractivity contribution in [2.75, 3.05) is 5.32 Å². The lowest BCUT2D eigenvalue weighted by Crippen LogP contribution is -2.36. The van der Waals surface area contributed by atoms with Gasteiger partial charge in [-0.25, -0.2) is 0 Å². The molecule has 1 fully saturated rings. The zero-order valence-corrected chi connectivity index (χ0v) is 8.53. The Bertz CT molecular complexity index is 264. The minimum Gasteiger partial charge on any atom is -0.375 e. The summed E-state index contributed by atoms with van der Waals surface area (Å²) in [6.07, 6.45) is 4.39. The van der Waals surface area contributed by atoms with Gasteiger partial charge in [0.1, 0.15) is 0 Å². The molecule has 1 aliphatic heterocycles. The van der Waals surface area contributed by atoms with Crippen LogP contribution in [-0.4, -0.2) is 33.7 Å². The topological polar surface area (TPSA) is 62.8 Å². The van der Waals surface area contributed by atoms with Crippen LogP contribution in [0.15, 0.2) is 6.20 Å². The van der Waals surface area contributed by atoms with Gasteiger partial charge in [-0.2, -0.15) is 10.3 Å². The zero-order valence-electron chi connectivity index (χ0n) is 8.53. The molecule has 2 rings (SSSR count). The van der Waals surface area contributed by atoms with E-state index < -0.39 is 0 Å². The van der Waals surface area contributed by atoms with Crippen molar-refractivity contribution in [2.45, 2.75) is 44.9 Å². The van der Waals surface area contributed by atoms with Gasteiger partial charge in [0.05, 0.1) is 18.4 Å². The highest BCUT2D eigenvalue weighted by molar-refractivity contribution is 5.30. The van der Waals surface area contributed by atoms with E-state index in [1.165, 1.54) is 0 Å². The van der Waals surface area contributed by atoms with Gasteiger partial charge in [-0.05, 0) is 26.7 Å². The van der Waals surface area contributed by atoms with Crippen molar-refractivity contribution in [1.82, 2.24) is 15.4 Å². The number of nitrogens with one attached hydrogen (secondary N) is 2. The second-order valence-corrected chi connectivity index (χ2v) is 3.93. The van der Waals surface area contributed by atoms with E-state index in [0.29, 0.717) is 18.2 Å². The number of ether oxygens (including phenoxy) is 1. The van der Waals surface area contributed by atoms with E-state index in [1.807, 2.05) is 0 Å². The van der Waals surface area contributed by atoms with Gasteiger partial charge < -0.3 is 10.1 Å². The fourth-order valence-electron chi connectivity index (χ4n) is 2.00. The first-order valence-corrected chi connectivity index (χ1v) is 5.02. The number of H-pyrrole nitrogens is 1. The van der Waals surface area contributed by atoms with E-state index in [1.54, 1.807) is 6.20 Å². The summed E-state index contributed by atoms with van der Waals surface area (Å²) in [5, 5.41) is 13.7. The molecule has 0 aliphatic carbocycles. The first kappa shape index (κ1) is 9.45. The Labute approximate surface area is 83.2 Å². The molecule has 2 heterocycles. The van der Waals surface area contributed by atoms with E-state index in [-0.39, 0.29) is 0 Å². The molecule has 5 nitrogen and oxygen atoms in total. The molecule has 1 unspecified atom stereocenters. The highest BCUT2D eigenvalue weighted by Crippen LogP contribution is 2.21. The Kier molecular flexibility index (Phi) is 2.67. The monoisotopic (exact) mass is 196 g/mol. The van der Waals surface area contributed by atoms with Crippen LogP contribution in [0.25, 0.3) is 0 Å². The summed E-state index contributed by atoms with van der Waals surface area (Å²) >= 11 is 0. The first-order chi connectivity index (χ1) is 6.74. The van der Waals surface area contributed by atoms with Crippen molar-refractivity contribution in [1.29, 1.82) is 0 Å². The summed E-state index contributed by atoms with van der Waals surface area (Å²) in [5.41, 5.74) is 0. The lowest BCUT2D eigenvalue weighted by atomic mass is 10.00. The number of nitrogens with zero attached hydrogens (tertiary/aromatic N) is 2. The molecule has 14 heavy (non-hydrogen) atoms. The highest BCUT2D eigenvalue weighted by Gasteiger charge is 2.24. The Hall–Kier alpha value is -1.10. The molecule has 3 atom stereocenters. The van der Waals surface area contributed by atoms with E-state index >= 15 is 0 Å². The van der Waals surface area contributed by atoms with Gasteiger partial charge in [0.15, 0.2) is 5.82 Å². The number of hydrogen-bond acceptors (Lipinski definition) is 4. The van der Waals surface area contributed by atoms with Crippen LogP contribution in [0.5, 0.6) is 0 Å². The number of hydrogen-bond donors (Lipinski definition) is 2. The summed E-state index contributed by atoms with van der Waals surface area (Å²) in [7, 11) is 0. The highest BCUT2D eigenvalue weighted by atomic mass is 16.5. The van der Waals surface area contributed by atoms with Crippen LogP contribution in [0, 0.1) is 0 Å². The minimum absolute atomic E-state index is 0.322. The molecular formula is C9H16N4O. The molecule has 0 bridgehead atoms. The quantitative estimate of drug-likeness (QED) is 0.745. The summed E-state index contributed by atoms with van der Waals surface area (Å²) < 4.78 is 5.65. The molecule has 1 aromatic rings. The van der Waals surface area contributed by atoms with Gasteiger partial charge in [0.2, 0.25) is 0 Å². The maximum Gasteiger partial charge on any atom is 0.168 e. The Morgan fingerprint density at radius 1 is 1.43 bits per heavy atom. The second-order valence-electron chi connectivity index (χ2n) is 3.93. The van der Waals surface area contributed by atoms with Crippen molar-refractivity contribution in [3.8, 4) is 0 Å². The predicted octanol–water partition coefficient (Wildman–Crippen LogP) is 1.17. The third-order valence-electron chi connectivity index (χ3n) is 2.46. The van der Waals surface area contributed by atoms with E-state index in [2.05, 4.69) is 34.6 Å². The largest absolute Gasteiger partial charge is 0.375 e. The molecule has 1 saturated heterocycles. The third kappa shape index (κ3) is 2.23. The van der Waals surface area contributed by atoms with Crippen molar-refractivity contribution in [3.05, 3.63) is 6.20 Å². The third-order valence-corrected chi connectivity index (χ3v) is 2.46. The van der Waals surface area contributed by atoms with Gasteiger partial charge in [-0.15, -0.1) is 5.10 Å². The SMILES string of the molecule is C[C@@H]1CC(Nc2cn[nH]n2)C[C@H](C)O1. The second kappa shape index (κ2) is 3.96. The van der Waals surface area contributed by atoms with Gasteiger partial charge in [0, 0.05) is 6.04 Å². The molecule has 5 heteroatoms. The van der Waals surface area contributed by atoms with Gasteiger partial charge in [0.25, 0.3) is 0 Å². The van der Waals surface area contributed by atoms with Gasteiger partial charge in [-0.3, -0.25) is 0 Å². The minimum atomic E-state index is 0.322. The Morgan fingerprint density at radius 3 is 2.71 bits per heavy atom. The van der Waals surface area contributed by atoms with Crippen LogP contribution in [-0.2, 0) is 4.74 Å². The van der Waals surface area contributed by atoms with Crippen molar-refractivity contribution in [2.24, 2.45) is 0 Å². The summed E-state index contributed by atoms with van der Waals surface area (Å²) in [4.78, 5) is 0. The molecule has 0 spiro atoms. The Morgan fingerprint density at radius 2 is 2.14 bits per heavy atom. The lowest BCUT2D eigenvalue weighted by molar-refractivity contribution is -0.0338. The average Bonchev–Trinajstić information content (AvgIpc) is 2.54. The summed E-state index contributed by atoms with van der Waals surface area (Å²) in [5.74, 6) is 0.816. The molecule has 1 aliphatic rings. The van der Waals surface area contributed by atoms with Crippen molar-refractivity contribution >= 4 is 5.82 Å². The van der Waals surface area contributed by atoms with Crippen LogP contribution < -0.4 is 5.32 Å². The fourth-order valence-corrected chi connectivity index (χ4v) is 2.00. The van der Waals surface area contributed by atoms with E-state index in [0.717, 1.165) is 18.7 Å². The molecule has 1 aromatic heterocycles. The molecule has 0 amide bonds. The molecule has 0 saturated carbocycles. The van der Waals surface area contributed by atoms with E-state index in [9.17, 15) is 0 Å². The van der Waals surface area contributed by atoms with Crippen LogP contribution >= 0.6 is 0 Å². The van der Waals surface area contributed by atoms with E-state index in [4.69, 9.17) is 4.74 Å². The molecule has 0 aromatic carbocycles. The van der Waals surface area contributed by atoms with Crippen LogP contribution in [0.4, 0.5) is 5.82 Å². The number of aromatic amines is 1. The van der Waals surface area contributed by atoms with Gasteiger partial charge in [-0.1, -0.05) is 0 Å². The van der Waals surface area contributed by atoms with Crippen molar-refractivity contribution < 1.29 is 4.74 Å². The number of anilines is 1. The molecular weight excluding hydrogens is 180 g/mol. The molecule has 2 N–H and O–H groups in total. The van der Waals surface area contributed by atoms with Crippen molar-refractivity contribution in [3.63, 3.8) is 0 Å². The predicted molar refractivity (Wildman–Crippen MR) is 53.0 cm³/mol. The number of aromatic nitrogens is 3. The van der Waals surface area contributed by atoms with Crippen LogP contribution in [0.3, 0.4) is 0 Å². The summed E-state index contributed by atoms with van der Waals surface area (Å²) in [6.45, 7) is 4.21. The normalized spacial score (nSPS) is 32.9. The lowest BCUT2D eigenvalue weighted by Gasteiger charge is -2.32. The molecule has 78 valence electrons. The zero-order chi connectivity index (χ0) is 9.97. The smallest absolute Gasteiger partial charge is 0.168 e. The fraction of sp³-hybridized carbons (Fsp3) is 0.778. The maximum absolute atomic E-state index is 5.65. The summed E-state index contributed by atoms with van der Waals surface area (Å²) in [6, 6.07) is 0.443. The van der Waals surface area contributed by atoms with Crippen LogP contribution in [0.2, 0.25) is 0 Å². The first-order valence-electron chi connectivity index (χ1n) is 5.02. The Balaban J connectivity index is 1.91. The molecule has 0 radical (unpaired) electrons. The standard InChI is InChI=1S/C9H16N4O/c1-6-3-8(4-7(2)14-6)11-9-5-10-13-12-9/h5-8H,3-4H2,1-2H3,(H2,10,11,12,13)/t6-,7+,8?. The average molecular weight is 196 g/mol. The van der Waals surface area contributed by atoms with Gasteiger partial charge >= 0.3 is 0 Å². The maximum atomic E-state index is 5.65.